The molecule has 0 amide bonds. The third kappa shape index (κ3) is 2.94. The molecule has 0 aliphatic carbocycles. The minimum absolute atomic E-state index is 0.240. The molecule has 8 heteroatoms. The van der Waals surface area contributed by atoms with Gasteiger partial charge in [0.25, 0.3) is 0 Å². The number of H-pyrrole nitrogens is 1. The van der Waals surface area contributed by atoms with Gasteiger partial charge in [0.05, 0.1) is 0 Å². The van der Waals surface area contributed by atoms with E-state index in [1.165, 1.54) is 48.0 Å². The Morgan fingerprint density at radius 1 is 1.14 bits per heavy atom. The Morgan fingerprint density at radius 2 is 1.95 bits per heavy atom. The number of aromatic nitrogens is 6. The summed E-state index contributed by atoms with van der Waals surface area (Å²) in [5.41, 5.74) is 0.341. The lowest BCUT2D eigenvalue weighted by molar-refractivity contribution is 0.605. The largest absolute Gasteiger partial charge is 0.305 e. The highest BCUT2D eigenvalue weighted by Crippen LogP contribution is 2.16. The predicted molar refractivity (Wildman–Crippen MR) is 81.7 cm³/mol. The first kappa shape index (κ1) is 14.1. The summed E-state index contributed by atoms with van der Waals surface area (Å²) < 4.78 is 1.34. The average molecular weight is 306 g/mol. The molecule has 3 aromatic heterocycles. The summed E-state index contributed by atoms with van der Waals surface area (Å²) in [4.78, 5) is 17.0. The number of aryl methyl sites for hydroxylation is 1. The van der Waals surface area contributed by atoms with Crippen LogP contribution in [0.5, 0.6) is 0 Å². The average Bonchev–Trinajstić information content (AvgIpc) is 3.09. The summed E-state index contributed by atoms with van der Waals surface area (Å²) in [6, 6.07) is 0. The van der Waals surface area contributed by atoms with Gasteiger partial charge in [-0.3, -0.25) is 4.79 Å². The van der Waals surface area contributed by atoms with E-state index in [1.54, 1.807) is 0 Å². The molecule has 0 aliphatic rings. The van der Waals surface area contributed by atoms with Crippen molar-refractivity contribution in [3.05, 3.63) is 15.4 Å². The Hall–Kier alpha value is -1.83. The van der Waals surface area contributed by atoms with E-state index in [2.05, 4.69) is 32.4 Å². The van der Waals surface area contributed by atoms with Gasteiger partial charge in [0.1, 0.15) is 5.01 Å². The van der Waals surface area contributed by atoms with E-state index in [4.69, 9.17) is 0 Å². The van der Waals surface area contributed by atoms with Crippen molar-refractivity contribution in [2.75, 3.05) is 0 Å². The van der Waals surface area contributed by atoms with Gasteiger partial charge >= 0.3 is 5.56 Å². The molecule has 0 fully saturated rings. The molecule has 0 saturated heterocycles. The Balaban J connectivity index is 1.70. The topological polar surface area (TPSA) is 88.8 Å². The SMILES string of the molecule is CCCCCCCCc1nn2c(=O)c3n[nH]nc3nc2s1. The van der Waals surface area contributed by atoms with E-state index < -0.39 is 0 Å². The summed E-state index contributed by atoms with van der Waals surface area (Å²) in [6.45, 7) is 2.22. The first-order chi connectivity index (χ1) is 10.3. The zero-order chi connectivity index (χ0) is 14.7. The van der Waals surface area contributed by atoms with Crippen molar-refractivity contribution in [1.82, 2.24) is 30.0 Å². The third-order valence-electron chi connectivity index (χ3n) is 3.47. The highest BCUT2D eigenvalue weighted by Gasteiger charge is 2.13. The van der Waals surface area contributed by atoms with Crippen LogP contribution in [0, 0.1) is 0 Å². The minimum atomic E-state index is -0.255. The molecule has 1 N–H and O–H groups in total. The Morgan fingerprint density at radius 3 is 2.81 bits per heavy atom. The lowest BCUT2D eigenvalue weighted by Gasteiger charge is -1.97. The van der Waals surface area contributed by atoms with Gasteiger partial charge in [-0.1, -0.05) is 50.4 Å². The fraction of sp³-hybridized carbons (Fsp3) is 0.615. The third-order valence-corrected chi connectivity index (χ3v) is 4.44. The fourth-order valence-corrected chi connectivity index (χ4v) is 3.24. The number of hydrogen-bond donors (Lipinski definition) is 1. The molecule has 112 valence electrons. The van der Waals surface area contributed by atoms with E-state index in [0.717, 1.165) is 17.8 Å². The van der Waals surface area contributed by atoms with Crippen LogP contribution >= 0.6 is 11.3 Å². The molecule has 0 unspecified atom stereocenters. The number of unbranched alkanes of at least 4 members (excludes halogenated alkanes) is 5. The molecule has 7 nitrogen and oxygen atoms in total. The van der Waals surface area contributed by atoms with Crippen molar-refractivity contribution in [3.63, 3.8) is 0 Å². The highest BCUT2D eigenvalue weighted by molar-refractivity contribution is 7.16. The number of hydrogen-bond acceptors (Lipinski definition) is 6. The Labute approximate surface area is 125 Å². The monoisotopic (exact) mass is 306 g/mol. The zero-order valence-electron chi connectivity index (χ0n) is 12.0. The van der Waals surface area contributed by atoms with Crippen molar-refractivity contribution < 1.29 is 0 Å². The maximum absolute atomic E-state index is 12.2. The molecule has 3 aromatic rings. The summed E-state index contributed by atoms with van der Waals surface area (Å²) in [5.74, 6) is 0. The van der Waals surface area contributed by atoms with Crippen LogP contribution < -0.4 is 5.56 Å². The standard InChI is InChI=1S/C13H18N6OS/c1-2-3-4-5-6-7-8-9-17-19-12(20)10-11(16-18-15-10)14-13(19)21-9/h2-8H2,1H3,(H,15,16,18). The van der Waals surface area contributed by atoms with Gasteiger partial charge in [0.15, 0.2) is 5.52 Å². The van der Waals surface area contributed by atoms with Gasteiger partial charge in [-0.2, -0.15) is 19.8 Å². The zero-order valence-corrected chi connectivity index (χ0v) is 12.8. The summed E-state index contributed by atoms with van der Waals surface area (Å²) in [7, 11) is 0. The molecule has 0 atom stereocenters. The minimum Gasteiger partial charge on any atom is -0.265 e. The molecule has 0 radical (unpaired) electrons. The number of rotatable bonds is 7. The molecule has 0 spiro atoms. The van der Waals surface area contributed by atoms with Gasteiger partial charge in [0, 0.05) is 6.42 Å². The molecule has 0 bridgehead atoms. The second-order valence-corrected chi connectivity index (χ2v) is 6.16. The lowest BCUT2D eigenvalue weighted by Crippen LogP contribution is -2.15. The van der Waals surface area contributed by atoms with Gasteiger partial charge in [-0.25, -0.2) is 0 Å². The van der Waals surface area contributed by atoms with Crippen LogP contribution in [0.2, 0.25) is 0 Å². The molecular weight excluding hydrogens is 288 g/mol. The molecule has 0 saturated carbocycles. The van der Waals surface area contributed by atoms with E-state index >= 15 is 0 Å². The molecule has 21 heavy (non-hydrogen) atoms. The van der Waals surface area contributed by atoms with Crippen LogP contribution in [0.4, 0.5) is 0 Å². The normalized spacial score (nSPS) is 11.7. The van der Waals surface area contributed by atoms with Gasteiger partial charge in [0.2, 0.25) is 10.6 Å². The van der Waals surface area contributed by atoms with Crippen molar-refractivity contribution in [1.29, 1.82) is 0 Å². The Kier molecular flexibility index (Phi) is 4.23. The van der Waals surface area contributed by atoms with Crippen LogP contribution in [0.1, 0.15) is 50.5 Å². The van der Waals surface area contributed by atoms with Crippen molar-refractivity contribution in [3.8, 4) is 0 Å². The maximum Gasteiger partial charge on any atom is 0.305 e. The van der Waals surface area contributed by atoms with Crippen molar-refractivity contribution in [2.45, 2.75) is 51.9 Å². The van der Waals surface area contributed by atoms with E-state index in [0.29, 0.717) is 10.6 Å². The van der Waals surface area contributed by atoms with E-state index in [-0.39, 0.29) is 11.1 Å². The van der Waals surface area contributed by atoms with Crippen LogP contribution in [0.3, 0.4) is 0 Å². The smallest absolute Gasteiger partial charge is 0.265 e. The number of nitrogens with zero attached hydrogens (tertiary/aromatic N) is 5. The summed E-state index contributed by atoms with van der Waals surface area (Å²) in [6.07, 6.45) is 8.37. The molecule has 3 rings (SSSR count). The quantitative estimate of drug-likeness (QED) is 0.677. The van der Waals surface area contributed by atoms with E-state index in [1.807, 2.05) is 0 Å². The molecule has 0 aliphatic heterocycles. The predicted octanol–water partition coefficient (Wildman–Crippen LogP) is 2.33. The fourth-order valence-electron chi connectivity index (χ4n) is 2.32. The Bertz CT molecular complexity index is 789. The number of fused-ring (bicyclic) bond motifs is 2. The first-order valence-electron chi connectivity index (χ1n) is 7.39. The van der Waals surface area contributed by atoms with Crippen molar-refractivity contribution >= 4 is 27.5 Å². The lowest BCUT2D eigenvalue weighted by atomic mass is 10.1. The van der Waals surface area contributed by atoms with Gasteiger partial charge in [-0.05, 0) is 6.42 Å². The number of aromatic amines is 1. The molecule has 0 aromatic carbocycles. The number of nitrogens with one attached hydrogen (secondary N) is 1. The van der Waals surface area contributed by atoms with Gasteiger partial charge in [-0.15, -0.1) is 10.2 Å². The second kappa shape index (κ2) is 6.30. The van der Waals surface area contributed by atoms with Crippen LogP contribution in [-0.4, -0.2) is 30.0 Å². The summed E-state index contributed by atoms with van der Waals surface area (Å²) in [5, 5.41) is 15.4. The van der Waals surface area contributed by atoms with Crippen LogP contribution in [-0.2, 0) is 6.42 Å². The van der Waals surface area contributed by atoms with Gasteiger partial charge < -0.3 is 0 Å². The summed E-state index contributed by atoms with van der Waals surface area (Å²) >= 11 is 1.46. The maximum atomic E-state index is 12.2. The first-order valence-corrected chi connectivity index (χ1v) is 8.20. The molecule has 3 heterocycles. The van der Waals surface area contributed by atoms with E-state index in [9.17, 15) is 4.79 Å². The van der Waals surface area contributed by atoms with Crippen LogP contribution in [0.15, 0.2) is 4.79 Å². The second-order valence-electron chi connectivity index (χ2n) is 5.12. The molecular formula is C13H18N6OS. The highest BCUT2D eigenvalue weighted by atomic mass is 32.1. The van der Waals surface area contributed by atoms with Crippen LogP contribution in [0.25, 0.3) is 16.1 Å². The van der Waals surface area contributed by atoms with Crippen molar-refractivity contribution in [2.24, 2.45) is 0 Å².